The van der Waals surface area contributed by atoms with Gasteiger partial charge in [-0.1, -0.05) is 0 Å². The molecule has 2 bridgehead atoms. The zero-order valence-corrected chi connectivity index (χ0v) is 11.4. The van der Waals surface area contributed by atoms with Crippen molar-refractivity contribution in [2.75, 3.05) is 14.1 Å². The lowest BCUT2D eigenvalue weighted by Crippen LogP contribution is -2.47. The van der Waals surface area contributed by atoms with Crippen molar-refractivity contribution in [2.24, 2.45) is 5.92 Å². The number of hydrogen-bond acceptors (Lipinski definition) is 3. The monoisotopic (exact) mass is 248 g/mol. The molecule has 0 aliphatic carbocycles. The minimum atomic E-state index is 0.563. The highest BCUT2D eigenvalue weighted by molar-refractivity contribution is 5.03. The number of hydrogen-bond donors (Lipinski definition) is 1. The molecule has 0 amide bonds. The lowest BCUT2D eigenvalue weighted by atomic mass is 9.83. The Kier molecular flexibility index (Phi) is 3.44. The van der Waals surface area contributed by atoms with Gasteiger partial charge in [-0.15, -0.1) is 0 Å². The molecule has 3 heterocycles. The van der Waals surface area contributed by atoms with Crippen molar-refractivity contribution in [1.29, 1.82) is 0 Å². The van der Waals surface area contributed by atoms with Gasteiger partial charge < -0.3 is 14.6 Å². The fourth-order valence-corrected chi connectivity index (χ4v) is 3.93. The average Bonchev–Trinajstić information content (AvgIpc) is 2.93. The Labute approximate surface area is 110 Å². The molecule has 0 radical (unpaired) electrons. The predicted octanol–water partition coefficient (Wildman–Crippen LogP) is 2.28. The van der Waals surface area contributed by atoms with Gasteiger partial charge in [-0.2, -0.15) is 0 Å². The molecule has 2 aliphatic heterocycles. The summed E-state index contributed by atoms with van der Waals surface area (Å²) in [6.07, 6.45) is 8.29. The summed E-state index contributed by atoms with van der Waals surface area (Å²) in [6, 6.07) is 6.28. The minimum Gasteiger partial charge on any atom is -0.469 e. The Morgan fingerprint density at radius 1 is 1.39 bits per heavy atom. The summed E-state index contributed by atoms with van der Waals surface area (Å²) in [6.45, 7) is 0. The second-order valence-corrected chi connectivity index (χ2v) is 5.96. The number of likely N-dealkylation sites (N-methyl/N-ethyl adjacent to an activating group) is 1. The molecule has 3 heteroatoms. The van der Waals surface area contributed by atoms with E-state index in [9.17, 15) is 0 Å². The zero-order valence-electron chi connectivity index (χ0n) is 11.4. The Balaban J connectivity index is 1.66. The molecule has 0 aromatic carbocycles. The first kappa shape index (κ1) is 12.2. The van der Waals surface area contributed by atoms with Crippen LogP contribution in [0.15, 0.2) is 22.8 Å². The van der Waals surface area contributed by atoms with Crippen LogP contribution in [0.5, 0.6) is 0 Å². The molecule has 0 spiro atoms. The first-order chi connectivity index (χ1) is 8.78. The molecule has 100 valence electrons. The van der Waals surface area contributed by atoms with Gasteiger partial charge in [0.15, 0.2) is 0 Å². The highest BCUT2D eigenvalue weighted by Crippen LogP contribution is 2.39. The normalized spacial score (nSPS) is 33.8. The number of furan rings is 1. The van der Waals surface area contributed by atoms with E-state index in [1.807, 2.05) is 6.07 Å². The van der Waals surface area contributed by atoms with Crippen LogP contribution in [0.2, 0.25) is 0 Å². The second kappa shape index (κ2) is 5.06. The highest BCUT2D eigenvalue weighted by atomic mass is 16.3. The summed E-state index contributed by atoms with van der Waals surface area (Å²) in [7, 11) is 4.40. The van der Waals surface area contributed by atoms with Crippen LogP contribution in [0, 0.1) is 5.92 Å². The fraction of sp³-hybridized carbons (Fsp3) is 0.733. The van der Waals surface area contributed by atoms with Crippen LogP contribution in [0.1, 0.15) is 31.4 Å². The Hall–Kier alpha value is -0.800. The maximum absolute atomic E-state index is 5.50. The molecule has 1 aromatic heterocycles. The van der Waals surface area contributed by atoms with E-state index >= 15 is 0 Å². The Bertz CT molecular complexity index is 362. The minimum absolute atomic E-state index is 0.563. The lowest BCUT2D eigenvalue weighted by Gasteiger charge is -2.39. The molecule has 1 aromatic rings. The highest BCUT2D eigenvalue weighted by Gasteiger charge is 2.40. The van der Waals surface area contributed by atoms with Gasteiger partial charge in [0.2, 0.25) is 0 Å². The first-order valence-corrected chi connectivity index (χ1v) is 7.19. The van der Waals surface area contributed by atoms with Gasteiger partial charge in [0.05, 0.1) is 6.26 Å². The topological polar surface area (TPSA) is 28.4 Å². The molecule has 3 rings (SSSR count). The third-order valence-corrected chi connectivity index (χ3v) is 5.08. The number of nitrogens with zero attached hydrogens (tertiary/aromatic N) is 1. The molecule has 2 saturated heterocycles. The molecule has 3 atom stereocenters. The van der Waals surface area contributed by atoms with E-state index in [-0.39, 0.29) is 0 Å². The van der Waals surface area contributed by atoms with Crippen molar-refractivity contribution >= 4 is 0 Å². The van der Waals surface area contributed by atoms with Crippen LogP contribution in [0.4, 0.5) is 0 Å². The molecular formula is C15H24N2O. The average molecular weight is 248 g/mol. The largest absolute Gasteiger partial charge is 0.469 e. The van der Waals surface area contributed by atoms with E-state index in [1.165, 1.54) is 25.7 Å². The second-order valence-electron chi connectivity index (χ2n) is 5.96. The molecule has 2 aliphatic rings. The summed E-state index contributed by atoms with van der Waals surface area (Å²) < 4.78 is 5.50. The summed E-state index contributed by atoms with van der Waals surface area (Å²) in [5.74, 6) is 1.91. The predicted molar refractivity (Wildman–Crippen MR) is 72.6 cm³/mol. The van der Waals surface area contributed by atoms with Crippen molar-refractivity contribution < 1.29 is 4.42 Å². The van der Waals surface area contributed by atoms with Crippen LogP contribution in [0.25, 0.3) is 0 Å². The molecule has 3 unspecified atom stereocenters. The van der Waals surface area contributed by atoms with Crippen LogP contribution in [-0.4, -0.2) is 37.1 Å². The van der Waals surface area contributed by atoms with Crippen LogP contribution in [0.3, 0.4) is 0 Å². The smallest absolute Gasteiger partial charge is 0.105 e. The number of nitrogens with one attached hydrogen (secondary N) is 1. The van der Waals surface area contributed by atoms with Crippen LogP contribution >= 0.6 is 0 Å². The van der Waals surface area contributed by atoms with Crippen molar-refractivity contribution in [2.45, 2.75) is 50.2 Å². The molecule has 18 heavy (non-hydrogen) atoms. The van der Waals surface area contributed by atoms with E-state index in [4.69, 9.17) is 4.42 Å². The van der Waals surface area contributed by atoms with Gasteiger partial charge >= 0.3 is 0 Å². The van der Waals surface area contributed by atoms with Crippen LogP contribution < -0.4 is 5.32 Å². The summed E-state index contributed by atoms with van der Waals surface area (Å²) >= 11 is 0. The van der Waals surface area contributed by atoms with Crippen molar-refractivity contribution in [1.82, 2.24) is 10.2 Å². The van der Waals surface area contributed by atoms with Gasteiger partial charge in [-0.25, -0.2) is 0 Å². The Morgan fingerprint density at radius 3 is 2.67 bits per heavy atom. The molecular weight excluding hydrogens is 224 g/mol. The Morgan fingerprint density at radius 2 is 2.11 bits per heavy atom. The fourth-order valence-electron chi connectivity index (χ4n) is 3.93. The number of fused-ring (bicyclic) bond motifs is 2. The van der Waals surface area contributed by atoms with Gasteiger partial charge in [-0.05, 0) is 57.8 Å². The molecule has 3 nitrogen and oxygen atoms in total. The van der Waals surface area contributed by atoms with Gasteiger partial charge in [-0.3, -0.25) is 0 Å². The maximum Gasteiger partial charge on any atom is 0.105 e. The van der Waals surface area contributed by atoms with E-state index < -0.39 is 0 Å². The van der Waals surface area contributed by atoms with Gasteiger partial charge in [0, 0.05) is 24.5 Å². The third-order valence-electron chi connectivity index (χ3n) is 5.08. The van der Waals surface area contributed by atoms with E-state index in [0.717, 1.165) is 30.2 Å². The summed E-state index contributed by atoms with van der Waals surface area (Å²) in [5.41, 5.74) is 0. The molecule has 0 saturated carbocycles. The third kappa shape index (κ3) is 2.21. The zero-order chi connectivity index (χ0) is 12.5. The SMILES string of the molecule is CNC(Cc1ccco1)C1CC2CCC(C1)N2C. The van der Waals surface area contributed by atoms with E-state index in [0.29, 0.717) is 6.04 Å². The van der Waals surface area contributed by atoms with Crippen molar-refractivity contribution in [3.8, 4) is 0 Å². The maximum atomic E-state index is 5.50. The van der Waals surface area contributed by atoms with Gasteiger partial charge in [0.1, 0.15) is 5.76 Å². The number of rotatable bonds is 4. The van der Waals surface area contributed by atoms with Gasteiger partial charge in [0.25, 0.3) is 0 Å². The van der Waals surface area contributed by atoms with E-state index in [2.05, 4.69) is 30.4 Å². The summed E-state index contributed by atoms with van der Waals surface area (Å²) in [5, 5.41) is 3.52. The molecule has 2 fully saturated rings. The number of piperidine rings is 1. The first-order valence-electron chi connectivity index (χ1n) is 7.19. The van der Waals surface area contributed by atoms with Crippen molar-refractivity contribution in [3.63, 3.8) is 0 Å². The van der Waals surface area contributed by atoms with E-state index in [1.54, 1.807) is 6.26 Å². The quantitative estimate of drug-likeness (QED) is 0.886. The molecule has 1 N–H and O–H groups in total. The van der Waals surface area contributed by atoms with Crippen LogP contribution in [-0.2, 0) is 6.42 Å². The van der Waals surface area contributed by atoms with Crippen molar-refractivity contribution in [3.05, 3.63) is 24.2 Å². The standard InChI is InChI=1S/C15H24N2O/c1-16-15(10-14-4-3-7-18-14)11-8-12-5-6-13(9-11)17(12)2/h3-4,7,11-13,15-16H,5-6,8-10H2,1-2H3. The summed E-state index contributed by atoms with van der Waals surface area (Å²) in [4.78, 5) is 2.61. The lowest BCUT2D eigenvalue weighted by molar-refractivity contribution is 0.113.